The fraction of sp³-hybridized carbons (Fsp3) is 0.471. The molecule has 3 rings (SSSR count). The fourth-order valence-corrected chi connectivity index (χ4v) is 3.54. The molecule has 1 aliphatic rings. The molecule has 0 saturated carbocycles. The van der Waals surface area contributed by atoms with E-state index >= 15 is 0 Å². The van der Waals surface area contributed by atoms with E-state index in [2.05, 4.69) is 29.4 Å². The van der Waals surface area contributed by atoms with Crippen molar-refractivity contribution in [3.05, 3.63) is 29.5 Å². The average molecular weight is 318 g/mol. The lowest BCUT2D eigenvalue weighted by atomic mass is 10.0. The molecule has 1 amide bonds. The number of aromatic nitrogens is 1. The van der Waals surface area contributed by atoms with E-state index in [0.717, 1.165) is 11.9 Å². The number of H-pyrrole nitrogens is 1. The molecule has 1 N–H and O–H groups in total. The molecule has 22 heavy (non-hydrogen) atoms. The number of carbonyl (C=O) groups excluding carboxylic acids is 1. The Bertz CT molecular complexity index is 715. The number of aromatic amines is 1. The number of amides is 1. The lowest BCUT2D eigenvalue weighted by molar-refractivity contribution is 0.0224. The quantitative estimate of drug-likeness (QED) is 0.802. The molecule has 0 fully saturated rings. The first kappa shape index (κ1) is 15.3. The highest BCUT2D eigenvalue weighted by Crippen LogP contribution is 2.34. The maximum absolute atomic E-state index is 12.3. The van der Waals surface area contributed by atoms with E-state index in [1.54, 1.807) is 16.7 Å². The Kier molecular flexibility index (Phi) is 3.85. The molecule has 1 aromatic heterocycles. The second kappa shape index (κ2) is 5.54. The highest BCUT2D eigenvalue weighted by molar-refractivity contribution is 7.98. The largest absolute Gasteiger partial charge is 0.444 e. The van der Waals surface area contributed by atoms with Crippen LogP contribution in [-0.2, 0) is 17.7 Å². The van der Waals surface area contributed by atoms with Gasteiger partial charge < -0.3 is 14.6 Å². The highest BCUT2D eigenvalue weighted by Gasteiger charge is 2.28. The van der Waals surface area contributed by atoms with Crippen LogP contribution in [-0.4, -0.2) is 34.4 Å². The number of rotatable bonds is 1. The first-order chi connectivity index (χ1) is 10.4. The zero-order chi connectivity index (χ0) is 15.9. The predicted octanol–water partition coefficient (Wildman–Crippen LogP) is 4.18. The van der Waals surface area contributed by atoms with Gasteiger partial charge in [0.25, 0.3) is 0 Å². The maximum atomic E-state index is 12.3. The van der Waals surface area contributed by atoms with Crippen molar-refractivity contribution in [2.24, 2.45) is 0 Å². The van der Waals surface area contributed by atoms with Gasteiger partial charge >= 0.3 is 6.09 Å². The van der Waals surface area contributed by atoms with Crippen molar-refractivity contribution in [3.63, 3.8) is 0 Å². The Morgan fingerprint density at radius 3 is 2.82 bits per heavy atom. The number of benzene rings is 1. The van der Waals surface area contributed by atoms with E-state index in [1.807, 2.05) is 20.8 Å². The summed E-state index contributed by atoms with van der Waals surface area (Å²) in [7, 11) is 0. The Morgan fingerprint density at radius 2 is 2.14 bits per heavy atom. The minimum atomic E-state index is -0.456. The summed E-state index contributed by atoms with van der Waals surface area (Å²) < 4.78 is 5.51. The smallest absolute Gasteiger partial charge is 0.410 e. The van der Waals surface area contributed by atoms with Crippen LogP contribution in [0.3, 0.4) is 0 Å². The summed E-state index contributed by atoms with van der Waals surface area (Å²) in [5.74, 6) is 0. The number of fused-ring (bicyclic) bond motifs is 3. The van der Waals surface area contributed by atoms with Crippen LogP contribution < -0.4 is 0 Å². The minimum Gasteiger partial charge on any atom is -0.444 e. The summed E-state index contributed by atoms with van der Waals surface area (Å²) in [5.41, 5.74) is 3.18. The van der Waals surface area contributed by atoms with E-state index in [4.69, 9.17) is 4.74 Å². The fourth-order valence-electron chi connectivity index (χ4n) is 2.89. The lowest BCUT2D eigenvalue weighted by Crippen LogP contribution is -2.39. The second-order valence-corrected chi connectivity index (χ2v) is 7.46. The van der Waals surface area contributed by atoms with E-state index in [1.165, 1.54) is 21.5 Å². The topological polar surface area (TPSA) is 45.3 Å². The third-order valence-corrected chi connectivity index (χ3v) is 4.61. The van der Waals surface area contributed by atoms with E-state index in [-0.39, 0.29) is 6.09 Å². The summed E-state index contributed by atoms with van der Waals surface area (Å²) >= 11 is 1.74. The van der Waals surface area contributed by atoms with Crippen LogP contribution in [0, 0.1) is 0 Å². The summed E-state index contributed by atoms with van der Waals surface area (Å²) in [6.07, 6.45) is 2.70. The van der Waals surface area contributed by atoms with Crippen molar-refractivity contribution in [1.82, 2.24) is 9.88 Å². The van der Waals surface area contributed by atoms with Crippen molar-refractivity contribution < 1.29 is 9.53 Å². The van der Waals surface area contributed by atoms with Crippen LogP contribution in [0.15, 0.2) is 23.1 Å². The molecule has 1 aromatic carbocycles. The van der Waals surface area contributed by atoms with Crippen LogP contribution >= 0.6 is 11.8 Å². The minimum absolute atomic E-state index is 0.228. The first-order valence-electron chi connectivity index (χ1n) is 7.53. The zero-order valence-corrected chi connectivity index (χ0v) is 14.3. The Balaban J connectivity index is 1.93. The summed E-state index contributed by atoms with van der Waals surface area (Å²) in [5, 5.41) is 1.25. The molecular weight excluding hydrogens is 296 g/mol. The zero-order valence-electron chi connectivity index (χ0n) is 13.5. The van der Waals surface area contributed by atoms with Gasteiger partial charge in [0.05, 0.1) is 6.54 Å². The van der Waals surface area contributed by atoms with Crippen LogP contribution in [0.4, 0.5) is 4.79 Å². The van der Waals surface area contributed by atoms with Gasteiger partial charge in [-0.25, -0.2) is 4.79 Å². The van der Waals surface area contributed by atoms with Crippen LogP contribution in [0.5, 0.6) is 0 Å². The number of nitrogens with one attached hydrogen (secondary N) is 1. The molecular formula is C17H22N2O2S. The van der Waals surface area contributed by atoms with Gasteiger partial charge in [0.15, 0.2) is 0 Å². The molecule has 2 heterocycles. The van der Waals surface area contributed by atoms with Crippen LogP contribution in [0.1, 0.15) is 32.0 Å². The van der Waals surface area contributed by atoms with Crippen molar-refractivity contribution in [2.75, 3.05) is 12.8 Å². The number of ether oxygens (including phenoxy) is 1. The molecule has 5 heteroatoms. The van der Waals surface area contributed by atoms with Gasteiger partial charge in [-0.1, -0.05) is 6.07 Å². The lowest BCUT2D eigenvalue weighted by Gasteiger charge is -2.30. The third kappa shape index (κ3) is 2.82. The normalized spacial score (nSPS) is 15.0. The SMILES string of the molecule is CSc1cccc2[nH]c3c(c12)CN(C(=O)OC(C)(C)C)CC3. The Labute approximate surface area is 135 Å². The van der Waals surface area contributed by atoms with Gasteiger partial charge in [0, 0.05) is 40.0 Å². The standard InChI is InChI=1S/C17H22N2O2S/c1-17(2,3)21-16(20)19-9-8-12-11(10-19)15-13(18-12)6-5-7-14(15)22-4/h5-7,18H,8-10H2,1-4H3. The molecule has 4 nitrogen and oxygen atoms in total. The number of carbonyl (C=O) groups is 1. The molecule has 0 aliphatic carbocycles. The Morgan fingerprint density at radius 1 is 1.36 bits per heavy atom. The number of thioether (sulfide) groups is 1. The Hall–Kier alpha value is -1.62. The molecule has 118 valence electrons. The molecule has 1 aliphatic heterocycles. The van der Waals surface area contributed by atoms with Crippen molar-refractivity contribution in [2.45, 2.75) is 44.2 Å². The van der Waals surface area contributed by atoms with Gasteiger partial charge in [-0.15, -0.1) is 11.8 Å². The average Bonchev–Trinajstić information content (AvgIpc) is 2.82. The summed E-state index contributed by atoms with van der Waals surface area (Å²) in [6, 6.07) is 6.31. The van der Waals surface area contributed by atoms with Crippen LogP contribution in [0.25, 0.3) is 10.9 Å². The molecule has 0 radical (unpaired) electrons. The highest BCUT2D eigenvalue weighted by atomic mass is 32.2. The van der Waals surface area contributed by atoms with E-state index in [0.29, 0.717) is 13.1 Å². The van der Waals surface area contributed by atoms with Crippen LogP contribution in [0.2, 0.25) is 0 Å². The van der Waals surface area contributed by atoms with E-state index in [9.17, 15) is 4.79 Å². The van der Waals surface area contributed by atoms with Crippen molar-refractivity contribution in [3.8, 4) is 0 Å². The van der Waals surface area contributed by atoms with Gasteiger partial charge in [-0.3, -0.25) is 0 Å². The number of hydrogen-bond donors (Lipinski definition) is 1. The molecule has 2 aromatic rings. The third-order valence-electron chi connectivity index (χ3n) is 3.83. The van der Waals surface area contributed by atoms with Gasteiger partial charge in [-0.05, 0) is 39.2 Å². The number of nitrogens with zero attached hydrogens (tertiary/aromatic N) is 1. The molecule has 0 unspecified atom stereocenters. The van der Waals surface area contributed by atoms with Crippen molar-refractivity contribution in [1.29, 1.82) is 0 Å². The van der Waals surface area contributed by atoms with Gasteiger partial charge in [0.2, 0.25) is 0 Å². The molecule has 0 atom stereocenters. The molecule has 0 saturated heterocycles. The summed E-state index contributed by atoms with van der Waals surface area (Å²) in [4.78, 5) is 18.9. The predicted molar refractivity (Wildman–Crippen MR) is 90.4 cm³/mol. The second-order valence-electron chi connectivity index (χ2n) is 6.62. The van der Waals surface area contributed by atoms with Gasteiger partial charge in [0.1, 0.15) is 5.60 Å². The summed E-state index contributed by atoms with van der Waals surface area (Å²) in [6.45, 7) is 7.01. The van der Waals surface area contributed by atoms with Gasteiger partial charge in [-0.2, -0.15) is 0 Å². The number of hydrogen-bond acceptors (Lipinski definition) is 3. The molecule has 0 bridgehead atoms. The van der Waals surface area contributed by atoms with E-state index < -0.39 is 5.60 Å². The molecule has 0 spiro atoms. The first-order valence-corrected chi connectivity index (χ1v) is 8.76. The monoisotopic (exact) mass is 318 g/mol. The van der Waals surface area contributed by atoms with Crippen molar-refractivity contribution >= 4 is 28.8 Å². The maximum Gasteiger partial charge on any atom is 0.410 e.